The summed E-state index contributed by atoms with van der Waals surface area (Å²) in [5, 5.41) is 5.27. The van der Waals surface area contributed by atoms with Crippen LogP contribution >= 0.6 is 34.2 Å². The van der Waals surface area contributed by atoms with E-state index in [9.17, 15) is 9.59 Å². The van der Waals surface area contributed by atoms with Gasteiger partial charge >= 0.3 is 6.03 Å². The van der Waals surface area contributed by atoms with Gasteiger partial charge in [-0.15, -0.1) is 0 Å². The first-order valence-electron chi connectivity index (χ1n) is 8.14. The minimum Gasteiger partial charge on any atom is -0.490 e. The fourth-order valence-corrected chi connectivity index (χ4v) is 3.46. The molecular formula is C19H16ClIN2O4. The van der Waals surface area contributed by atoms with Gasteiger partial charge in [-0.25, -0.2) is 4.79 Å². The van der Waals surface area contributed by atoms with Crippen molar-refractivity contribution in [2.45, 2.75) is 13.5 Å². The molecule has 1 aliphatic heterocycles. The molecule has 1 saturated heterocycles. The van der Waals surface area contributed by atoms with Crippen LogP contribution in [0, 0.1) is 3.57 Å². The number of hydrogen-bond donors (Lipinski definition) is 2. The molecule has 0 atom stereocenters. The highest BCUT2D eigenvalue weighted by atomic mass is 127. The van der Waals surface area contributed by atoms with Crippen LogP contribution in [0.1, 0.15) is 18.1 Å². The molecule has 6 nitrogen and oxygen atoms in total. The SMILES string of the molecule is CCOc1cc(/C=C2/NC(=O)NC2=O)cc(I)c1OCc1ccccc1Cl. The van der Waals surface area contributed by atoms with Crippen molar-refractivity contribution in [2.24, 2.45) is 0 Å². The number of ether oxygens (including phenoxy) is 2. The van der Waals surface area contributed by atoms with Crippen LogP contribution in [-0.4, -0.2) is 18.5 Å². The predicted molar refractivity (Wildman–Crippen MR) is 111 cm³/mol. The lowest BCUT2D eigenvalue weighted by Gasteiger charge is -2.15. The molecule has 1 heterocycles. The Hall–Kier alpha value is -2.26. The Morgan fingerprint density at radius 3 is 2.59 bits per heavy atom. The molecule has 0 spiro atoms. The van der Waals surface area contributed by atoms with E-state index in [0.717, 1.165) is 9.13 Å². The van der Waals surface area contributed by atoms with E-state index in [2.05, 4.69) is 33.2 Å². The fraction of sp³-hybridized carbons (Fsp3) is 0.158. The number of urea groups is 1. The molecule has 0 bridgehead atoms. The van der Waals surface area contributed by atoms with Crippen molar-refractivity contribution >= 4 is 52.2 Å². The highest BCUT2D eigenvalue weighted by molar-refractivity contribution is 14.1. The maximum absolute atomic E-state index is 11.7. The second kappa shape index (κ2) is 8.62. The van der Waals surface area contributed by atoms with Crippen LogP contribution in [0.2, 0.25) is 5.02 Å². The monoisotopic (exact) mass is 498 g/mol. The van der Waals surface area contributed by atoms with Crippen LogP contribution in [0.5, 0.6) is 11.5 Å². The van der Waals surface area contributed by atoms with E-state index in [1.165, 1.54) is 0 Å². The number of amides is 3. The third kappa shape index (κ3) is 4.72. The minimum atomic E-state index is -0.536. The highest BCUT2D eigenvalue weighted by Gasteiger charge is 2.23. The summed E-state index contributed by atoms with van der Waals surface area (Å²) in [4.78, 5) is 23.0. The molecule has 3 amide bonds. The van der Waals surface area contributed by atoms with Crippen LogP contribution in [0.3, 0.4) is 0 Å². The summed E-state index contributed by atoms with van der Waals surface area (Å²) in [6.07, 6.45) is 1.59. The molecule has 0 unspecified atom stereocenters. The molecular weight excluding hydrogens is 483 g/mol. The van der Waals surface area contributed by atoms with Crippen LogP contribution in [-0.2, 0) is 11.4 Å². The zero-order chi connectivity index (χ0) is 19.4. The summed E-state index contributed by atoms with van der Waals surface area (Å²) in [7, 11) is 0. The van der Waals surface area contributed by atoms with E-state index >= 15 is 0 Å². The summed E-state index contributed by atoms with van der Waals surface area (Å²) < 4.78 is 12.5. The lowest BCUT2D eigenvalue weighted by molar-refractivity contribution is -0.115. The molecule has 27 heavy (non-hydrogen) atoms. The number of carbonyl (C=O) groups is 2. The zero-order valence-corrected chi connectivity index (χ0v) is 17.3. The van der Waals surface area contributed by atoms with Crippen molar-refractivity contribution in [1.29, 1.82) is 0 Å². The van der Waals surface area contributed by atoms with Gasteiger partial charge in [0.2, 0.25) is 0 Å². The first kappa shape index (κ1) is 19.5. The second-order valence-corrected chi connectivity index (χ2v) is 7.18. The molecule has 3 rings (SSSR count). The number of nitrogens with one attached hydrogen (secondary N) is 2. The largest absolute Gasteiger partial charge is 0.490 e. The summed E-state index contributed by atoms with van der Waals surface area (Å²) in [5.74, 6) is 0.680. The first-order chi connectivity index (χ1) is 13.0. The lowest BCUT2D eigenvalue weighted by Crippen LogP contribution is -2.22. The third-order valence-electron chi connectivity index (χ3n) is 3.69. The van der Waals surface area contributed by atoms with Gasteiger partial charge in [-0.1, -0.05) is 29.8 Å². The Kier molecular flexibility index (Phi) is 6.22. The average Bonchev–Trinajstić information content (AvgIpc) is 2.93. The van der Waals surface area contributed by atoms with Gasteiger partial charge in [-0.2, -0.15) is 0 Å². The average molecular weight is 499 g/mol. The molecule has 1 fully saturated rings. The minimum absolute atomic E-state index is 0.183. The molecule has 0 radical (unpaired) electrons. The van der Waals surface area contributed by atoms with Crippen molar-refractivity contribution in [3.8, 4) is 11.5 Å². The molecule has 140 valence electrons. The van der Waals surface area contributed by atoms with Crippen LogP contribution in [0.15, 0.2) is 42.1 Å². The Bertz CT molecular complexity index is 930. The smallest absolute Gasteiger partial charge is 0.326 e. The summed E-state index contributed by atoms with van der Waals surface area (Å²) in [6.45, 7) is 2.63. The van der Waals surface area contributed by atoms with Gasteiger partial charge in [0, 0.05) is 10.6 Å². The van der Waals surface area contributed by atoms with Gasteiger partial charge in [0.05, 0.1) is 10.2 Å². The predicted octanol–water partition coefficient (Wildman–Crippen LogP) is 4.10. The Morgan fingerprint density at radius 1 is 1.15 bits per heavy atom. The summed E-state index contributed by atoms with van der Waals surface area (Å²) in [5.41, 5.74) is 1.76. The van der Waals surface area contributed by atoms with Crippen LogP contribution in [0.4, 0.5) is 4.79 Å². The maximum atomic E-state index is 11.7. The quantitative estimate of drug-likeness (QED) is 0.357. The molecule has 2 aromatic rings. The van der Waals surface area contributed by atoms with E-state index in [0.29, 0.717) is 35.3 Å². The van der Waals surface area contributed by atoms with Gasteiger partial charge in [0.15, 0.2) is 11.5 Å². The molecule has 8 heteroatoms. The van der Waals surface area contributed by atoms with E-state index in [1.54, 1.807) is 12.1 Å². The zero-order valence-electron chi connectivity index (χ0n) is 14.3. The fourth-order valence-electron chi connectivity index (χ4n) is 2.49. The Morgan fingerprint density at radius 2 is 1.93 bits per heavy atom. The molecule has 0 aromatic heterocycles. The number of imide groups is 1. The van der Waals surface area contributed by atoms with Crippen molar-refractivity contribution < 1.29 is 19.1 Å². The number of halogens is 2. The lowest BCUT2D eigenvalue weighted by atomic mass is 10.1. The summed E-state index contributed by atoms with van der Waals surface area (Å²) in [6, 6.07) is 10.5. The number of hydrogen-bond acceptors (Lipinski definition) is 4. The van der Waals surface area contributed by atoms with Crippen molar-refractivity contribution in [3.05, 3.63) is 61.8 Å². The van der Waals surface area contributed by atoms with E-state index in [-0.39, 0.29) is 5.70 Å². The van der Waals surface area contributed by atoms with Gasteiger partial charge in [0.1, 0.15) is 12.3 Å². The topological polar surface area (TPSA) is 76.7 Å². The molecule has 2 aromatic carbocycles. The van der Waals surface area contributed by atoms with Crippen LogP contribution in [0.25, 0.3) is 6.08 Å². The second-order valence-electron chi connectivity index (χ2n) is 5.61. The van der Waals surface area contributed by atoms with E-state index in [4.69, 9.17) is 21.1 Å². The van der Waals surface area contributed by atoms with Gasteiger partial charge in [-0.3, -0.25) is 10.1 Å². The summed E-state index contributed by atoms with van der Waals surface area (Å²) >= 11 is 8.33. The van der Waals surface area contributed by atoms with Gasteiger partial charge in [-0.05, 0) is 59.4 Å². The Balaban J connectivity index is 1.88. The number of benzene rings is 2. The van der Waals surface area contributed by atoms with Crippen molar-refractivity contribution in [3.63, 3.8) is 0 Å². The van der Waals surface area contributed by atoms with E-state index < -0.39 is 11.9 Å². The van der Waals surface area contributed by atoms with Crippen LogP contribution < -0.4 is 20.1 Å². The first-order valence-corrected chi connectivity index (χ1v) is 9.60. The van der Waals surface area contributed by atoms with Crippen molar-refractivity contribution in [2.75, 3.05) is 6.61 Å². The van der Waals surface area contributed by atoms with E-state index in [1.807, 2.05) is 37.3 Å². The molecule has 2 N–H and O–H groups in total. The maximum Gasteiger partial charge on any atom is 0.326 e. The normalized spacial score (nSPS) is 14.9. The van der Waals surface area contributed by atoms with Gasteiger partial charge in [0.25, 0.3) is 5.91 Å². The molecule has 0 saturated carbocycles. The van der Waals surface area contributed by atoms with Crippen molar-refractivity contribution in [1.82, 2.24) is 10.6 Å². The molecule has 0 aliphatic carbocycles. The number of carbonyl (C=O) groups excluding carboxylic acids is 2. The highest BCUT2D eigenvalue weighted by Crippen LogP contribution is 2.36. The third-order valence-corrected chi connectivity index (χ3v) is 4.86. The standard InChI is InChI=1S/C19H16ClIN2O4/c1-2-26-16-9-11(8-15-18(24)23-19(25)22-15)7-14(21)17(16)27-10-12-5-3-4-6-13(12)20/h3-9H,2,10H2,1H3,(H2,22,23,24,25)/b15-8+. The number of rotatable bonds is 6. The molecule has 1 aliphatic rings. The Labute approximate surface area is 175 Å². The van der Waals surface area contributed by atoms with Gasteiger partial charge < -0.3 is 14.8 Å².